The van der Waals surface area contributed by atoms with E-state index in [-0.39, 0.29) is 5.91 Å². The van der Waals surface area contributed by atoms with Crippen molar-refractivity contribution in [1.82, 2.24) is 15.0 Å². The lowest BCUT2D eigenvalue weighted by atomic mass is 9.98. The highest BCUT2D eigenvalue weighted by atomic mass is 16.5. The predicted molar refractivity (Wildman–Crippen MR) is 109 cm³/mol. The first-order chi connectivity index (χ1) is 14.1. The molecule has 1 aliphatic carbocycles. The van der Waals surface area contributed by atoms with Gasteiger partial charge in [-0.3, -0.25) is 9.78 Å². The van der Waals surface area contributed by atoms with Gasteiger partial charge in [0, 0.05) is 30.2 Å². The molecule has 1 saturated carbocycles. The third kappa shape index (κ3) is 2.52. The molecule has 1 aromatic carbocycles. The van der Waals surface area contributed by atoms with Crippen LogP contribution in [0.15, 0.2) is 41.1 Å². The minimum Gasteiger partial charge on any atom is -0.493 e. The number of hydrogen-bond donors (Lipinski definition) is 2. The lowest BCUT2D eigenvalue weighted by Crippen LogP contribution is -2.29. The van der Waals surface area contributed by atoms with E-state index in [4.69, 9.17) is 14.9 Å². The Labute approximate surface area is 166 Å². The number of carbonyl (C=O) groups excluding carboxylic acids is 1. The number of amides is 1. The summed E-state index contributed by atoms with van der Waals surface area (Å²) < 4.78 is 11.4. The number of ether oxygens (including phenoxy) is 1. The highest BCUT2D eigenvalue weighted by Crippen LogP contribution is 2.48. The summed E-state index contributed by atoms with van der Waals surface area (Å²) in [7, 11) is 3.39. The van der Waals surface area contributed by atoms with Crippen LogP contribution in [0.25, 0.3) is 33.3 Å². The molecule has 0 radical (unpaired) electrons. The largest absolute Gasteiger partial charge is 0.493 e. The first-order valence-electron chi connectivity index (χ1n) is 9.28. The topological polar surface area (TPSA) is 116 Å². The molecule has 0 spiro atoms. The van der Waals surface area contributed by atoms with E-state index in [1.165, 1.54) is 0 Å². The standard InChI is InChI=1S/C21H19N5O3/c1-23-18-12-9-24-16(21(6-7-21)20(22)27)8-11(12)13(10-25-18)19-26-14-4-3-5-15(28-2)17(14)29-19/h3-5,8-10H,6-7H2,1-2H3,(H2,22,27)(H,23,25). The van der Waals surface area contributed by atoms with Crippen molar-refractivity contribution >= 4 is 33.6 Å². The number of rotatable bonds is 5. The van der Waals surface area contributed by atoms with Crippen molar-refractivity contribution in [1.29, 1.82) is 0 Å². The number of primary amides is 1. The van der Waals surface area contributed by atoms with Gasteiger partial charge in [0.25, 0.3) is 0 Å². The summed E-state index contributed by atoms with van der Waals surface area (Å²) in [6.07, 6.45) is 4.85. The smallest absolute Gasteiger partial charge is 0.229 e. The summed E-state index contributed by atoms with van der Waals surface area (Å²) in [4.78, 5) is 25.6. The number of methoxy groups -OCH3 is 1. The van der Waals surface area contributed by atoms with Crippen LogP contribution in [-0.2, 0) is 10.2 Å². The van der Waals surface area contributed by atoms with Gasteiger partial charge in [0.15, 0.2) is 11.3 Å². The fourth-order valence-corrected chi connectivity index (χ4v) is 3.72. The Morgan fingerprint density at radius 1 is 1.24 bits per heavy atom. The molecule has 4 aromatic rings. The molecular weight excluding hydrogens is 370 g/mol. The van der Waals surface area contributed by atoms with Gasteiger partial charge in [0.2, 0.25) is 11.8 Å². The Kier molecular flexibility index (Phi) is 3.70. The number of oxazole rings is 1. The van der Waals surface area contributed by atoms with Crippen LogP contribution >= 0.6 is 0 Å². The van der Waals surface area contributed by atoms with E-state index in [1.807, 2.05) is 24.3 Å². The number of pyridine rings is 2. The van der Waals surface area contributed by atoms with Crippen LogP contribution in [0, 0.1) is 0 Å². The molecule has 0 saturated heterocycles. The van der Waals surface area contributed by atoms with E-state index in [0.29, 0.717) is 52.7 Å². The number of nitrogens with one attached hydrogen (secondary N) is 1. The van der Waals surface area contributed by atoms with E-state index in [2.05, 4.69) is 20.3 Å². The van der Waals surface area contributed by atoms with Gasteiger partial charge in [-0.05, 0) is 31.0 Å². The second-order valence-electron chi connectivity index (χ2n) is 7.16. The summed E-state index contributed by atoms with van der Waals surface area (Å²) in [6.45, 7) is 0. The highest BCUT2D eigenvalue weighted by Gasteiger charge is 2.51. The molecule has 0 unspecified atom stereocenters. The fourth-order valence-electron chi connectivity index (χ4n) is 3.72. The van der Waals surface area contributed by atoms with Crippen LogP contribution in [0.1, 0.15) is 18.5 Å². The van der Waals surface area contributed by atoms with Crippen molar-refractivity contribution in [3.63, 3.8) is 0 Å². The van der Waals surface area contributed by atoms with E-state index >= 15 is 0 Å². The highest BCUT2D eigenvalue weighted by molar-refractivity contribution is 6.02. The van der Waals surface area contributed by atoms with E-state index in [0.717, 1.165) is 10.8 Å². The molecule has 3 heterocycles. The summed E-state index contributed by atoms with van der Waals surface area (Å²) in [5.41, 5.74) is 7.60. The maximum Gasteiger partial charge on any atom is 0.229 e. The number of nitrogens with two attached hydrogens (primary N) is 1. The maximum absolute atomic E-state index is 12.0. The molecule has 8 heteroatoms. The maximum atomic E-state index is 12.0. The zero-order valence-electron chi connectivity index (χ0n) is 16.0. The number of hydrogen-bond acceptors (Lipinski definition) is 7. The zero-order valence-corrected chi connectivity index (χ0v) is 16.0. The van der Waals surface area contributed by atoms with Crippen LogP contribution in [0.5, 0.6) is 5.75 Å². The van der Waals surface area contributed by atoms with Crippen LogP contribution in [0.2, 0.25) is 0 Å². The molecule has 3 aromatic heterocycles. The molecule has 1 amide bonds. The Hall–Kier alpha value is -3.68. The molecule has 5 rings (SSSR count). The number of aromatic nitrogens is 3. The van der Waals surface area contributed by atoms with Crippen LogP contribution in [0.3, 0.4) is 0 Å². The molecule has 1 fully saturated rings. The van der Waals surface area contributed by atoms with Crippen molar-refractivity contribution in [2.45, 2.75) is 18.3 Å². The minimum atomic E-state index is -0.681. The van der Waals surface area contributed by atoms with Gasteiger partial charge in [-0.15, -0.1) is 0 Å². The van der Waals surface area contributed by atoms with Crippen LogP contribution in [0.4, 0.5) is 5.82 Å². The quantitative estimate of drug-likeness (QED) is 0.539. The number of carbonyl (C=O) groups is 1. The number of anilines is 1. The Bertz CT molecular complexity index is 1280. The van der Waals surface area contributed by atoms with E-state index in [1.54, 1.807) is 26.6 Å². The van der Waals surface area contributed by atoms with Crippen molar-refractivity contribution in [3.05, 3.63) is 42.4 Å². The molecule has 0 aliphatic heterocycles. The Morgan fingerprint density at radius 2 is 2.07 bits per heavy atom. The van der Waals surface area contributed by atoms with Gasteiger partial charge >= 0.3 is 0 Å². The molecular formula is C21H19N5O3. The lowest BCUT2D eigenvalue weighted by molar-refractivity contribution is -0.120. The first kappa shape index (κ1) is 17.4. The van der Waals surface area contributed by atoms with Crippen LogP contribution < -0.4 is 15.8 Å². The SMILES string of the molecule is CNc1ncc(-c2nc3cccc(OC)c3o2)c2cc(C3(C(N)=O)CC3)ncc12. The second kappa shape index (κ2) is 6.16. The molecule has 146 valence electrons. The molecule has 8 nitrogen and oxygen atoms in total. The average Bonchev–Trinajstić information content (AvgIpc) is 3.45. The summed E-state index contributed by atoms with van der Waals surface area (Å²) in [5.74, 6) is 1.37. The lowest BCUT2D eigenvalue weighted by Gasteiger charge is -2.13. The number of fused-ring (bicyclic) bond motifs is 2. The van der Waals surface area contributed by atoms with Gasteiger partial charge in [-0.2, -0.15) is 0 Å². The number of benzene rings is 1. The molecule has 0 bridgehead atoms. The monoisotopic (exact) mass is 389 g/mol. The number of nitrogens with zero attached hydrogens (tertiary/aromatic N) is 3. The zero-order chi connectivity index (χ0) is 20.2. The summed E-state index contributed by atoms with van der Waals surface area (Å²) in [6, 6.07) is 7.45. The van der Waals surface area contributed by atoms with Gasteiger partial charge in [0.05, 0.1) is 23.8 Å². The fraction of sp³-hybridized carbons (Fsp3) is 0.238. The van der Waals surface area contributed by atoms with Crippen LogP contribution in [-0.4, -0.2) is 35.0 Å². The molecule has 1 aliphatic rings. The van der Waals surface area contributed by atoms with Crippen molar-refractivity contribution in [3.8, 4) is 17.2 Å². The third-order valence-electron chi connectivity index (χ3n) is 5.55. The Morgan fingerprint density at radius 3 is 2.76 bits per heavy atom. The predicted octanol–water partition coefficient (Wildman–Crippen LogP) is 3.01. The number of para-hydroxylation sites is 1. The first-order valence-corrected chi connectivity index (χ1v) is 9.28. The normalized spacial score (nSPS) is 14.8. The summed E-state index contributed by atoms with van der Waals surface area (Å²) in [5, 5.41) is 4.73. The van der Waals surface area contributed by atoms with E-state index < -0.39 is 5.41 Å². The molecule has 0 atom stereocenters. The van der Waals surface area contributed by atoms with Crippen molar-refractivity contribution in [2.24, 2.45) is 5.73 Å². The van der Waals surface area contributed by atoms with Gasteiger partial charge < -0.3 is 20.2 Å². The van der Waals surface area contributed by atoms with Crippen molar-refractivity contribution in [2.75, 3.05) is 19.5 Å². The van der Waals surface area contributed by atoms with Gasteiger partial charge in [0.1, 0.15) is 11.3 Å². The minimum absolute atomic E-state index is 0.347. The Balaban J connectivity index is 1.76. The summed E-state index contributed by atoms with van der Waals surface area (Å²) >= 11 is 0. The van der Waals surface area contributed by atoms with Gasteiger partial charge in [-0.25, -0.2) is 9.97 Å². The van der Waals surface area contributed by atoms with Gasteiger partial charge in [-0.1, -0.05) is 6.07 Å². The molecule has 29 heavy (non-hydrogen) atoms. The molecule has 3 N–H and O–H groups in total. The van der Waals surface area contributed by atoms with Crippen molar-refractivity contribution < 1.29 is 13.9 Å². The average molecular weight is 389 g/mol. The second-order valence-corrected chi connectivity index (χ2v) is 7.16. The third-order valence-corrected chi connectivity index (χ3v) is 5.55. The van der Waals surface area contributed by atoms with E-state index in [9.17, 15) is 4.79 Å².